The van der Waals surface area contributed by atoms with Crippen molar-refractivity contribution >= 4 is 27.5 Å². The summed E-state index contributed by atoms with van der Waals surface area (Å²) < 4.78 is 31.3. The third-order valence-electron chi connectivity index (χ3n) is 5.21. The fraction of sp³-hybridized carbons (Fsp3) is 0.391. The molecule has 0 radical (unpaired) electrons. The molecule has 9 heteroatoms. The Morgan fingerprint density at radius 2 is 1.75 bits per heavy atom. The molecule has 0 fully saturated rings. The Bertz CT molecular complexity index is 1040. The van der Waals surface area contributed by atoms with Crippen molar-refractivity contribution < 1.29 is 22.7 Å². The van der Waals surface area contributed by atoms with Crippen molar-refractivity contribution in [2.24, 2.45) is 0 Å². The van der Waals surface area contributed by atoms with Gasteiger partial charge in [0, 0.05) is 13.6 Å². The Kier molecular flexibility index (Phi) is 8.65. The third kappa shape index (κ3) is 6.46. The van der Waals surface area contributed by atoms with E-state index in [0.717, 1.165) is 28.1 Å². The van der Waals surface area contributed by atoms with Crippen LogP contribution in [0.25, 0.3) is 0 Å². The Morgan fingerprint density at radius 1 is 1.09 bits per heavy atom. The van der Waals surface area contributed by atoms with Gasteiger partial charge in [-0.05, 0) is 48.7 Å². The molecule has 0 aliphatic carbocycles. The maximum absolute atomic E-state index is 13.3. The van der Waals surface area contributed by atoms with Crippen molar-refractivity contribution in [3.63, 3.8) is 0 Å². The number of carbonyl (C=O) groups is 2. The summed E-state index contributed by atoms with van der Waals surface area (Å²) in [6.45, 7) is 3.31. The average molecular weight is 462 g/mol. The molecule has 2 amide bonds. The molecule has 8 nitrogen and oxygen atoms in total. The first-order chi connectivity index (χ1) is 15.1. The van der Waals surface area contributed by atoms with E-state index in [2.05, 4.69) is 5.32 Å². The van der Waals surface area contributed by atoms with Crippen LogP contribution >= 0.6 is 0 Å². The van der Waals surface area contributed by atoms with Crippen molar-refractivity contribution in [1.82, 2.24) is 10.2 Å². The highest BCUT2D eigenvalue weighted by Crippen LogP contribution is 2.21. The number of hydrogen-bond acceptors (Lipinski definition) is 5. The number of methoxy groups -OCH3 is 1. The summed E-state index contributed by atoms with van der Waals surface area (Å²) in [6.07, 6.45) is 1.87. The van der Waals surface area contributed by atoms with Gasteiger partial charge in [-0.25, -0.2) is 8.42 Å². The minimum Gasteiger partial charge on any atom is -0.497 e. The number of anilines is 1. The fourth-order valence-electron chi connectivity index (χ4n) is 3.27. The molecule has 0 saturated carbocycles. The highest BCUT2D eigenvalue weighted by atomic mass is 32.2. The lowest BCUT2D eigenvalue weighted by atomic mass is 10.1. The highest BCUT2D eigenvalue weighted by Gasteiger charge is 2.29. The van der Waals surface area contributed by atoms with E-state index in [1.807, 2.05) is 25.1 Å². The van der Waals surface area contributed by atoms with Crippen molar-refractivity contribution in [2.45, 2.75) is 32.9 Å². The van der Waals surface area contributed by atoms with Crippen LogP contribution in [0.2, 0.25) is 0 Å². The topological polar surface area (TPSA) is 96.0 Å². The molecule has 0 bridgehead atoms. The van der Waals surface area contributed by atoms with Crippen LogP contribution in [0.15, 0.2) is 48.5 Å². The summed E-state index contributed by atoms with van der Waals surface area (Å²) in [5, 5.41) is 2.55. The number of nitrogens with one attached hydrogen (secondary N) is 1. The van der Waals surface area contributed by atoms with E-state index >= 15 is 0 Å². The van der Waals surface area contributed by atoms with Crippen LogP contribution in [-0.4, -0.2) is 58.1 Å². The van der Waals surface area contributed by atoms with E-state index in [0.29, 0.717) is 11.4 Å². The van der Waals surface area contributed by atoms with Crippen molar-refractivity contribution in [3.05, 3.63) is 59.7 Å². The monoisotopic (exact) mass is 461 g/mol. The summed E-state index contributed by atoms with van der Waals surface area (Å²) in [4.78, 5) is 27.0. The molecule has 32 heavy (non-hydrogen) atoms. The summed E-state index contributed by atoms with van der Waals surface area (Å²) in [7, 11) is -0.700. The van der Waals surface area contributed by atoms with Gasteiger partial charge >= 0.3 is 0 Å². The minimum atomic E-state index is -3.74. The van der Waals surface area contributed by atoms with Crippen LogP contribution in [0.4, 0.5) is 5.69 Å². The zero-order chi connectivity index (χ0) is 23.9. The van der Waals surface area contributed by atoms with E-state index in [4.69, 9.17) is 4.74 Å². The van der Waals surface area contributed by atoms with E-state index in [9.17, 15) is 18.0 Å². The number of aryl methyl sites for hydroxylation is 1. The van der Waals surface area contributed by atoms with Crippen molar-refractivity contribution in [1.29, 1.82) is 0 Å². The molecule has 0 unspecified atom stereocenters. The zero-order valence-electron chi connectivity index (χ0n) is 19.2. The van der Waals surface area contributed by atoms with E-state index in [1.54, 1.807) is 44.4 Å². The zero-order valence-corrected chi connectivity index (χ0v) is 20.0. The van der Waals surface area contributed by atoms with Crippen molar-refractivity contribution in [2.75, 3.05) is 31.3 Å². The van der Waals surface area contributed by atoms with Gasteiger partial charge in [-0.2, -0.15) is 0 Å². The molecule has 1 N–H and O–H groups in total. The number of benzene rings is 2. The first kappa shape index (κ1) is 25.2. The van der Waals surface area contributed by atoms with Crippen LogP contribution in [0.5, 0.6) is 5.75 Å². The first-order valence-electron chi connectivity index (χ1n) is 10.3. The summed E-state index contributed by atoms with van der Waals surface area (Å²) in [5.74, 6) is -0.218. The fourth-order valence-corrected chi connectivity index (χ4v) is 4.12. The maximum Gasteiger partial charge on any atom is 0.244 e. The second-order valence-electron chi connectivity index (χ2n) is 7.45. The van der Waals surface area contributed by atoms with Crippen LogP contribution in [-0.2, 0) is 32.6 Å². The third-order valence-corrected chi connectivity index (χ3v) is 6.35. The van der Waals surface area contributed by atoms with Gasteiger partial charge in [-0.3, -0.25) is 13.9 Å². The Morgan fingerprint density at radius 3 is 2.28 bits per heavy atom. The quantitative estimate of drug-likeness (QED) is 0.585. The average Bonchev–Trinajstić information content (AvgIpc) is 2.79. The number of amides is 2. The van der Waals surface area contributed by atoms with E-state index in [1.165, 1.54) is 11.9 Å². The molecule has 0 spiro atoms. The molecule has 0 aliphatic rings. The van der Waals surface area contributed by atoms with Crippen LogP contribution in [0.3, 0.4) is 0 Å². The number of rotatable bonds is 10. The number of sulfonamides is 1. The molecule has 2 rings (SSSR count). The molecular weight excluding hydrogens is 430 g/mol. The molecule has 174 valence electrons. The van der Waals surface area contributed by atoms with Crippen LogP contribution in [0.1, 0.15) is 25.0 Å². The van der Waals surface area contributed by atoms with Gasteiger partial charge in [0.2, 0.25) is 21.8 Å². The number of likely N-dealkylation sites (N-methyl/N-ethyl adjacent to an activating group) is 1. The predicted molar refractivity (Wildman–Crippen MR) is 125 cm³/mol. The lowest BCUT2D eigenvalue weighted by Gasteiger charge is -2.31. The van der Waals surface area contributed by atoms with Gasteiger partial charge in [-0.1, -0.05) is 31.2 Å². The van der Waals surface area contributed by atoms with E-state index in [-0.39, 0.29) is 12.5 Å². The van der Waals surface area contributed by atoms with Crippen molar-refractivity contribution in [3.8, 4) is 5.75 Å². The van der Waals surface area contributed by atoms with Crippen LogP contribution in [0, 0.1) is 0 Å². The lowest BCUT2D eigenvalue weighted by molar-refractivity contribution is -0.139. The first-order valence-corrected chi connectivity index (χ1v) is 12.2. The lowest BCUT2D eigenvalue weighted by Crippen LogP contribution is -2.50. The molecule has 2 aromatic carbocycles. The molecule has 1 atom stereocenters. The van der Waals surface area contributed by atoms with Gasteiger partial charge < -0.3 is 15.0 Å². The van der Waals surface area contributed by atoms with Gasteiger partial charge in [-0.15, -0.1) is 0 Å². The van der Waals surface area contributed by atoms with Gasteiger partial charge in [0.05, 0.1) is 19.1 Å². The summed E-state index contributed by atoms with van der Waals surface area (Å²) >= 11 is 0. The molecule has 2 aromatic rings. The SMILES string of the molecule is CCc1ccc(N(CC(=O)N(Cc2cccc(OC)c2)[C@H](C)C(=O)NC)S(C)(=O)=O)cc1. The number of carbonyl (C=O) groups excluding carboxylic acids is 2. The minimum absolute atomic E-state index is 0.122. The van der Waals surface area contributed by atoms with Gasteiger partial charge in [0.15, 0.2) is 0 Å². The normalized spacial score (nSPS) is 12.0. The molecule has 0 saturated heterocycles. The second-order valence-corrected chi connectivity index (χ2v) is 9.36. The van der Waals surface area contributed by atoms with Gasteiger partial charge in [0.25, 0.3) is 0 Å². The number of ether oxygens (including phenoxy) is 1. The summed E-state index contributed by atoms with van der Waals surface area (Å²) in [6, 6.07) is 13.4. The predicted octanol–water partition coefficient (Wildman–Crippen LogP) is 2.19. The smallest absolute Gasteiger partial charge is 0.244 e. The number of nitrogens with zero attached hydrogens (tertiary/aromatic N) is 2. The highest BCUT2D eigenvalue weighted by molar-refractivity contribution is 7.92. The van der Waals surface area contributed by atoms with E-state index < -0.39 is 28.5 Å². The Labute approximate surface area is 190 Å². The molecule has 0 aromatic heterocycles. The largest absolute Gasteiger partial charge is 0.497 e. The van der Waals surface area contributed by atoms with Crippen LogP contribution < -0.4 is 14.4 Å². The number of hydrogen-bond donors (Lipinski definition) is 1. The molecule has 0 heterocycles. The molecule has 0 aliphatic heterocycles. The summed E-state index contributed by atoms with van der Waals surface area (Å²) in [5.41, 5.74) is 2.21. The Hall–Kier alpha value is -3.07. The molecular formula is C23H31N3O5S. The van der Waals surface area contributed by atoms with Gasteiger partial charge in [0.1, 0.15) is 18.3 Å². The standard InChI is InChI=1S/C23H31N3O5S/c1-6-18-10-12-20(13-11-18)26(32(5,29)30)16-22(27)25(17(2)23(28)24-3)15-19-8-7-9-21(14-19)31-4/h7-14,17H,6,15-16H2,1-5H3,(H,24,28)/t17-/m1/s1. The Balaban J connectivity index is 2.37. The maximum atomic E-state index is 13.3. The second kappa shape index (κ2) is 11.0.